The molecule has 0 aliphatic carbocycles. The Hall–Kier alpha value is -1.39. The first kappa shape index (κ1) is 16.0. The van der Waals surface area contributed by atoms with E-state index < -0.39 is 0 Å². The third-order valence-corrected chi connectivity index (χ3v) is 4.14. The van der Waals surface area contributed by atoms with E-state index in [-0.39, 0.29) is 0 Å². The second-order valence-electron chi connectivity index (χ2n) is 5.05. The molecule has 1 aromatic carbocycles. The molecule has 0 bridgehead atoms. The number of halogens is 1. The summed E-state index contributed by atoms with van der Waals surface area (Å²) in [6.45, 7) is 6.20. The van der Waals surface area contributed by atoms with E-state index in [1.54, 1.807) is 0 Å². The molecule has 4 heteroatoms. The Morgan fingerprint density at radius 3 is 2.57 bits per heavy atom. The maximum absolute atomic E-state index is 6.02. The Morgan fingerprint density at radius 1 is 1.24 bits per heavy atom. The molecule has 0 spiro atoms. The van der Waals surface area contributed by atoms with Crippen LogP contribution in [0.3, 0.4) is 0 Å². The molecule has 21 heavy (non-hydrogen) atoms. The van der Waals surface area contributed by atoms with Crippen LogP contribution in [0.2, 0.25) is 0 Å². The van der Waals surface area contributed by atoms with Gasteiger partial charge in [-0.15, -0.1) is 0 Å². The lowest BCUT2D eigenvalue weighted by Gasteiger charge is -2.15. The molecule has 2 rings (SSSR count). The second kappa shape index (κ2) is 7.05. The van der Waals surface area contributed by atoms with Crippen molar-refractivity contribution < 1.29 is 4.74 Å². The van der Waals surface area contributed by atoms with Gasteiger partial charge in [0.2, 0.25) is 0 Å². The Labute approximate surface area is 134 Å². The minimum Gasteiger partial charge on any atom is -0.454 e. The number of ether oxygens (including phenoxy) is 1. The molecule has 0 radical (unpaired) electrons. The zero-order valence-corrected chi connectivity index (χ0v) is 14.5. The van der Waals surface area contributed by atoms with Gasteiger partial charge in [-0.3, -0.25) is 4.98 Å². The molecule has 0 aliphatic heterocycles. The zero-order valence-electron chi connectivity index (χ0n) is 12.9. The lowest BCUT2D eigenvalue weighted by molar-refractivity contribution is 0.469. The summed E-state index contributed by atoms with van der Waals surface area (Å²) in [4.78, 5) is 4.53. The van der Waals surface area contributed by atoms with Gasteiger partial charge in [-0.2, -0.15) is 0 Å². The van der Waals surface area contributed by atoms with Gasteiger partial charge in [0, 0.05) is 11.7 Å². The lowest BCUT2D eigenvalue weighted by Crippen LogP contribution is -2.12. The van der Waals surface area contributed by atoms with E-state index in [0.717, 1.165) is 33.8 Å². The Kier molecular flexibility index (Phi) is 5.37. The Bertz CT molecular complexity index is 628. The average Bonchev–Trinajstić information content (AvgIpc) is 2.49. The van der Waals surface area contributed by atoms with Gasteiger partial charge in [-0.05, 0) is 73.1 Å². The van der Waals surface area contributed by atoms with Crippen LogP contribution in [0.15, 0.2) is 34.8 Å². The molecule has 1 aromatic heterocycles. The molecule has 1 heterocycles. The largest absolute Gasteiger partial charge is 0.454 e. The van der Waals surface area contributed by atoms with Crippen molar-refractivity contribution in [2.75, 3.05) is 7.05 Å². The summed E-state index contributed by atoms with van der Waals surface area (Å²) >= 11 is 3.59. The molecule has 0 saturated carbocycles. The highest BCUT2D eigenvalue weighted by molar-refractivity contribution is 9.10. The second-order valence-corrected chi connectivity index (χ2v) is 5.91. The SMILES string of the molecule is CCc1nc(C)ccc1Oc1ccc(C(C)NC)cc1Br. The standard InChI is InChI=1S/C17H21BrN2O/c1-5-15-17(8-6-11(2)20-15)21-16-9-7-13(10-14(16)18)12(3)19-4/h6-10,12,19H,5H2,1-4H3. The fourth-order valence-electron chi connectivity index (χ4n) is 2.10. The number of hydrogen-bond donors (Lipinski definition) is 1. The van der Waals surface area contributed by atoms with Gasteiger partial charge in [-0.1, -0.05) is 13.0 Å². The molecular formula is C17H21BrN2O. The predicted octanol–water partition coefficient (Wildman–Crippen LogP) is 4.79. The van der Waals surface area contributed by atoms with Crippen molar-refractivity contribution in [1.29, 1.82) is 0 Å². The number of pyridine rings is 1. The molecule has 0 aliphatic rings. The van der Waals surface area contributed by atoms with Crippen LogP contribution in [-0.2, 0) is 6.42 Å². The van der Waals surface area contributed by atoms with Crippen LogP contribution in [0.5, 0.6) is 11.5 Å². The van der Waals surface area contributed by atoms with Gasteiger partial charge in [-0.25, -0.2) is 0 Å². The molecule has 0 amide bonds. The molecule has 2 aromatic rings. The van der Waals surface area contributed by atoms with E-state index in [9.17, 15) is 0 Å². The summed E-state index contributed by atoms with van der Waals surface area (Å²) < 4.78 is 6.97. The highest BCUT2D eigenvalue weighted by atomic mass is 79.9. The molecule has 3 nitrogen and oxygen atoms in total. The number of nitrogens with one attached hydrogen (secondary N) is 1. The average molecular weight is 349 g/mol. The van der Waals surface area contributed by atoms with Crippen molar-refractivity contribution in [2.24, 2.45) is 0 Å². The predicted molar refractivity (Wildman–Crippen MR) is 90.0 cm³/mol. The smallest absolute Gasteiger partial charge is 0.148 e. The fraction of sp³-hybridized carbons (Fsp3) is 0.353. The first-order valence-corrected chi connectivity index (χ1v) is 7.95. The number of rotatable bonds is 5. The van der Waals surface area contributed by atoms with E-state index in [2.05, 4.69) is 52.2 Å². The number of aromatic nitrogens is 1. The minimum absolute atomic E-state index is 0.308. The number of aryl methyl sites for hydroxylation is 2. The third kappa shape index (κ3) is 3.83. The van der Waals surface area contributed by atoms with E-state index in [1.165, 1.54) is 5.56 Å². The zero-order chi connectivity index (χ0) is 15.4. The lowest BCUT2D eigenvalue weighted by atomic mass is 10.1. The Morgan fingerprint density at radius 2 is 1.95 bits per heavy atom. The maximum Gasteiger partial charge on any atom is 0.148 e. The molecule has 1 N–H and O–H groups in total. The van der Waals surface area contributed by atoms with Gasteiger partial charge in [0.15, 0.2) is 0 Å². The van der Waals surface area contributed by atoms with Crippen molar-refractivity contribution in [3.8, 4) is 11.5 Å². The van der Waals surface area contributed by atoms with Gasteiger partial charge in [0.05, 0.1) is 10.2 Å². The van der Waals surface area contributed by atoms with Crippen LogP contribution >= 0.6 is 15.9 Å². The first-order valence-electron chi connectivity index (χ1n) is 7.16. The van der Waals surface area contributed by atoms with Crippen LogP contribution in [0.1, 0.15) is 36.8 Å². The monoisotopic (exact) mass is 348 g/mol. The molecule has 1 unspecified atom stereocenters. The molecule has 0 saturated heterocycles. The van der Waals surface area contributed by atoms with E-state index in [1.807, 2.05) is 32.2 Å². The van der Waals surface area contributed by atoms with Crippen LogP contribution in [0, 0.1) is 6.92 Å². The molecule has 112 valence electrons. The summed E-state index contributed by atoms with van der Waals surface area (Å²) in [5.41, 5.74) is 3.21. The Balaban J connectivity index is 2.28. The van der Waals surface area contributed by atoms with E-state index in [0.29, 0.717) is 6.04 Å². The summed E-state index contributed by atoms with van der Waals surface area (Å²) in [6, 6.07) is 10.4. The molecule has 0 fully saturated rings. The third-order valence-electron chi connectivity index (χ3n) is 3.52. The van der Waals surface area contributed by atoms with Gasteiger partial charge < -0.3 is 10.1 Å². The number of nitrogens with zero attached hydrogens (tertiary/aromatic N) is 1. The number of benzene rings is 1. The van der Waals surface area contributed by atoms with Crippen LogP contribution in [0.25, 0.3) is 0 Å². The molecular weight excluding hydrogens is 328 g/mol. The van der Waals surface area contributed by atoms with Crippen LogP contribution < -0.4 is 10.1 Å². The highest BCUT2D eigenvalue weighted by Crippen LogP contribution is 2.33. The summed E-state index contributed by atoms with van der Waals surface area (Å²) in [7, 11) is 1.95. The maximum atomic E-state index is 6.02. The molecule has 1 atom stereocenters. The van der Waals surface area contributed by atoms with Crippen LogP contribution in [-0.4, -0.2) is 12.0 Å². The minimum atomic E-state index is 0.308. The van der Waals surface area contributed by atoms with Crippen molar-refractivity contribution in [3.05, 3.63) is 51.8 Å². The van der Waals surface area contributed by atoms with Crippen LogP contribution in [0.4, 0.5) is 0 Å². The highest BCUT2D eigenvalue weighted by Gasteiger charge is 2.10. The van der Waals surface area contributed by atoms with E-state index >= 15 is 0 Å². The fourth-order valence-corrected chi connectivity index (χ4v) is 2.58. The van der Waals surface area contributed by atoms with Crippen molar-refractivity contribution in [2.45, 2.75) is 33.2 Å². The van der Waals surface area contributed by atoms with Gasteiger partial charge in [0.1, 0.15) is 11.5 Å². The number of hydrogen-bond acceptors (Lipinski definition) is 3. The normalized spacial score (nSPS) is 12.2. The van der Waals surface area contributed by atoms with Crippen molar-refractivity contribution in [3.63, 3.8) is 0 Å². The van der Waals surface area contributed by atoms with Crippen molar-refractivity contribution >= 4 is 15.9 Å². The van der Waals surface area contributed by atoms with E-state index in [4.69, 9.17) is 4.74 Å². The van der Waals surface area contributed by atoms with Gasteiger partial charge >= 0.3 is 0 Å². The summed E-state index contributed by atoms with van der Waals surface area (Å²) in [5, 5.41) is 3.23. The summed E-state index contributed by atoms with van der Waals surface area (Å²) in [5.74, 6) is 1.63. The van der Waals surface area contributed by atoms with Crippen molar-refractivity contribution in [1.82, 2.24) is 10.3 Å². The quantitative estimate of drug-likeness (QED) is 0.843. The topological polar surface area (TPSA) is 34.1 Å². The summed E-state index contributed by atoms with van der Waals surface area (Å²) in [6.07, 6.45) is 0.851. The first-order chi connectivity index (χ1) is 10.0. The van der Waals surface area contributed by atoms with Gasteiger partial charge in [0.25, 0.3) is 0 Å².